The Balaban J connectivity index is 0.00000169. The molecule has 0 heterocycles. The summed E-state index contributed by atoms with van der Waals surface area (Å²) in [6.45, 7) is 0. The number of fused-ring (bicyclic) bond motifs is 2. The van der Waals surface area contributed by atoms with Crippen LogP contribution < -0.4 is 11.1 Å². The first-order chi connectivity index (χ1) is 11.5. The minimum atomic E-state index is -0.319. The fourth-order valence-corrected chi connectivity index (χ4v) is 4.83. The van der Waals surface area contributed by atoms with Crippen LogP contribution in [-0.2, 0) is 4.79 Å². The third-order valence-corrected chi connectivity index (χ3v) is 5.85. The summed E-state index contributed by atoms with van der Waals surface area (Å²) in [4.78, 5) is 15.0. The Labute approximate surface area is 174 Å². The minimum absolute atomic E-state index is 0. The molecule has 26 heavy (non-hydrogen) atoms. The highest BCUT2D eigenvalue weighted by atomic mass is 35.5. The molecule has 3 unspecified atom stereocenters. The zero-order valence-corrected chi connectivity index (χ0v) is 17.7. The van der Waals surface area contributed by atoms with Crippen molar-refractivity contribution >= 4 is 42.3 Å². The summed E-state index contributed by atoms with van der Waals surface area (Å²) < 4.78 is 0. The summed E-state index contributed by atoms with van der Waals surface area (Å²) in [6, 6.07) is 7.83. The highest BCUT2D eigenvalue weighted by Crippen LogP contribution is 2.40. The molecule has 2 aliphatic rings. The van der Waals surface area contributed by atoms with E-state index in [0.29, 0.717) is 22.9 Å². The number of nitrogens with two attached hydrogens (primary N) is 1. The molecule has 4 nitrogen and oxygen atoms in total. The van der Waals surface area contributed by atoms with E-state index in [9.17, 15) is 4.79 Å². The lowest BCUT2D eigenvalue weighted by atomic mass is 9.67. The highest BCUT2D eigenvalue weighted by Gasteiger charge is 2.40. The lowest BCUT2D eigenvalue weighted by Gasteiger charge is -2.45. The molecule has 1 aromatic carbocycles. The van der Waals surface area contributed by atoms with Crippen molar-refractivity contribution in [1.29, 1.82) is 0 Å². The molecule has 3 rings (SSSR count). The molecular weight excluding hydrogens is 393 g/mol. The maximum absolute atomic E-state index is 13.1. The number of halogens is 3. The summed E-state index contributed by atoms with van der Waals surface area (Å²) in [5, 5.41) is 4.02. The predicted molar refractivity (Wildman–Crippen MR) is 112 cm³/mol. The molecule has 3 atom stereocenters. The van der Waals surface area contributed by atoms with E-state index < -0.39 is 0 Å². The maximum atomic E-state index is 13.1. The van der Waals surface area contributed by atoms with Crippen molar-refractivity contribution in [1.82, 2.24) is 10.2 Å². The number of carbonyl (C=O) groups excluding carboxylic acids is 1. The number of nitrogens with one attached hydrogen (secondary N) is 1. The lowest BCUT2D eigenvalue weighted by Crippen LogP contribution is -2.55. The summed E-state index contributed by atoms with van der Waals surface area (Å²) in [5.74, 6) is 1.12. The van der Waals surface area contributed by atoms with Crippen LogP contribution in [0.25, 0.3) is 0 Å². The van der Waals surface area contributed by atoms with Gasteiger partial charge in [0, 0.05) is 17.1 Å². The van der Waals surface area contributed by atoms with Crippen molar-refractivity contribution in [3.63, 3.8) is 0 Å². The average molecular weight is 423 g/mol. The summed E-state index contributed by atoms with van der Waals surface area (Å²) in [7, 11) is 3.87. The number of hydrogen-bond donors (Lipinski definition) is 2. The number of rotatable bonds is 4. The van der Waals surface area contributed by atoms with Gasteiger partial charge in [-0.2, -0.15) is 0 Å². The predicted octanol–water partition coefficient (Wildman–Crippen LogP) is 3.81. The number of amides is 1. The smallest absolute Gasteiger partial charge is 0.242 e. The van der Waals surface area contributed by atoms with Crippen molar-refractivity contribution in [2.24, 2.45) is 17.6 Å². The fourth-order valence-electron chi connectivity index (χ4n) is 4.63. The number of nitrogens with zero attached hydrogens (tertiary/aromatic N) is 1. The van der Waals surface area contributed by atoms with E-state index in [2.05, 4.69) is 5.32 Å². The molecule has 148 valence electrons. The second-order valence-electron chi connectivity index (χ2n) is 7.64. The molecule has 0 aliphatic heterocycles. The molecule has 2 saturated carbocycles. The normalized spacial score (nSPS) is 28.5. The Morgan fingerprint density at radius 1 is 1.23 bits per heavy atom. The third-order valence-electron chi connectivity index (χ3n) is 5.61. The molecular formula is C19H30Cl3N3O. The van der Waals surface area contributed by atoms with Gasteiger partial charge >= 0.3 is 0 Å². The first-order valence-electron chi connectivity index (χ1n) is 8.93. The van der Waals surface area contributed by atoms with Gasteiger partial charge in [-0.25, -0.2) is 0 Å². The van der Waals surface area contributed by atoms with E-state index in [-0.39, 0.29) is 42.8 Å². The average Bonchev–Trinajstić information content (AvgIpc) is 2.48. The van der Waals surface area contributed by atoms with Crippen LogP contribution in [0.4, 0.5) is 0 Å². The molecule has 1 amide bonds. The quantitative estimate of drug-likeness (QED) is 0.775. The van der Waals surface area contributed by atoms with Crippen LogP contribution in [0, 0.1) is 11.8 Å². The van der Waals surface area contributed by atoms with Gasteiger partial charge in [0.15, 0.2) is 0 Å². The van der Waals surface area contributed by atoms with Crippen LogP contribution in [0.1, 0.15) is 43.7 Å². The standard InChI is InChI=1S/C19H28ClN3O.2ClH/c1-23(2)18(14-7-4-8-15(20)9-14)19(24)22-17-12-5-3-6-13(17)11-16(21)10-12;;/h4,7-9,12-13,16-18H,3,5-6,10-11,21H2,1-2H3,(H,22,24);2*1H. The van der Waals surface area contributed by atoms with Crippen molar-refractivity contribution in [2.45, 2.75) is 50.2 Å². The Morgan fingerprint density at radius 3 is 2.38 bits per heavy atom. The zero-order chi connectivity index (χ0) is 17.3. The van der Waals surface area contributed by atoms with Gasteiger partial charge in [0.1, 0.15) is 6.04 Å². The van der Waals surface area contributed by atoms with Gasteiger partial charge in [-0.15, -0.1) is 24.8 Å². The summed E-state index contributed by atoms with van der Waals surface area (Å²) >= 11 is 6.12. The lowest BCUT2D eigenvalue weighted by molar-refractivity contribution is -0.128. The van der Waals surface area contributed by atoms with E-state index in [1.54, 1.807) is 0 Å². The molecule has 0 aromatic heterocycles. The second kappa shape index (κ2) is 10.1. The number of hydrogen-bond acceptors (Lipinski definition) is 3. The number of carbonyl (C=O) groups is 1. The maximum Gasteiger partial charge on any atom is 0.242 e. The molecule has 3 N–H and O–H groups in total. The van der Waals surface area contributed by atoms with Crippen LogP contribution in [0.5, 0.6) is 0 Å². The van der Waals surface area contributed by atoms with Gasteiger partial charge in [0.05, 0.1) is 0 Å². The van der Waals surface area contributed by atoms with Crippen LogP contribution in [0.15, 0.2) is 24.3 Å². The number of likely N-dealkylation sites (N-methyl/N-ethyl adjacent to an activating group) is 1. The van der Waals surface area contributed by atoms with Crippen LogP contribution in [-0.4, -0.2) is 37.0 Å². The molecule has 7 heteroatoms. The van der Waals surface area contributed by atoms with Gasteiger partial charge in [-0.3, -0.25) is 9.69 Å². The van der Waals surface area contributed by atoms with E-state index in [1.165, 1.54) is 19.3 Å². The Hall–Kier alpha value is -0.520. The zero-order valence-electron chi connectivity index (χ0n) is 15.4. The van der Waals surface area contributed by atoms with Crippen molar-refractivity contribution in [3.8, 4) is 0 Å². The monoisotopic (exact) mass is 421 g/mol. The van der Waals surface area contributed by atoms with Gasteiger partial charge in [-0.1, -0.05) is 30.2 Å². The highest BCUT2D eigenvalue weighted by molar-refractivity contribution is 6.30. The summed E-state index contributed by atoms with van der Waals surface area (Å²) in [5.41, 5.74) is 7.13. The van der Waals surface area contributed by atoms with Gasteiger partial charge in [-0.05, 0) is 69.3 Å². The first kappa shape index (κ1) is 23.5. The fraction of sp³-hybridized carbons (Fsp3) is 0.632. The first-order valence-corrected chi connectivity index (χ1v) is 9.31. The van der Waals surface area contributed by atoms with Gasteiger partial charge in [0.25, 0.3) is 0 Å². The Kier molecular flexibility index (Phi) is 9.17. The SMILES string of the molecule is CN(C)C(C(=O)NC1C2CCCC1CC(N)C2)c1cccc(Cl)c1.Cl.Cl. The van der Waals surface area contributed by atoms with Gasteiger partial charge in [0.2, 0.25) is 5.91 Å². The second-order valence-corrected chi connectivity index (χ2v) is 8.07. The van der Waals surface area contributed by atoms with Crippen molar-refractivity contribution in [2.75, 3.05) is 14.1 Å². The van der Waals surface area contributed by atoms with Crippen LogP contribution in [0.2, 0.25) is 5.02 Å². The molecule has 0 saturated heterocycles. The molecule has 1 aromatic rings. The Bertz CT molecular complexity index is 585. The van der Waals surface area contributed by atoms with Crippen LogP contribution in [0.3, 0.4) is 0 Å². The van der Waals surface area contributed by atoms with E-state index >= 15 is 0 Å². The molecule has 2 fully saturated rings. The van der Waals surface area contributed by atoms with Crippen molar-refractivity contribution in [3.05, 3.63) is 34.9 Å². The third kappa shape index (κ3) is 5.26. The van der Waals surface area contributed by atoms with Gasteiger partial charge < -0.3 is 11.1 Å². The Morgan fingerprint density at radius 2 is 1.85 bits per heavy atom. The topological polar surface area (TPSA) is 58.4 Å². The molecule has 0 spiro atoms. The molecule has 0 radical (unpaired) electrons. The van der Waals surface area contributed by atoms with Crippen molar-refractivity contribution < 1.29 is 4.79 Å². The van der Waals surface area contributed by atoms with E-state index in [0.717, 1.165) is 18.4 Å². The molecule has 2 bridgehead atoms. The van der Waals surface area contributed by atoms with Crippen LogP contribution >= 0.6 is 36.4 Å². The number of benzene rings is 1. The van der Waals surface area contributed by atoms with E-state index in [1.807, 2.05) is 43.3 Å². The summed E-state index contributed by atoms with van der Waals surface area (Å²) in [6.07, 6.45) is 5.69. The minimum Gasteiger partial charge on any atom is -0.351 e. The van der Waals surface area contributed by atoms with E-state index in [4.69, 9.17) is 17.3 Å². The largest absolute Gasteiger partial charge is 0.351 e. The molecule has 2 aliphatic carbocycles.